The van der Waals surface area contributed by atoms with Gasteiger partial charge in [-0.25, -0.2) is 4.39 Å². The lowest BCUT2D eigenvalue weighted by Crippen LogP contribution is -1.98. The average molecular weight is 311 g/mol. The van der Waals surface area contributed by atoms with Crippen LogP contribution in [0.15, 0.2) is 23.6 Å². The molecule has 0 unspecified atom stereocenters. The van der Waals surface area contributed by atoms with Gasteiger partial charge in [-0.15, -0.1) is 11.3 Å². The second-order valence-electron chi connectivity index (χ2n) is 3.30. The largest absolute Gasteiger partial charge is 0.380 e. The molecule has 1 heterocycles. The summed E-state index contributed by atoms with van der Waals surface area (Å²) in [6, 6.07) is 4.81. The lowest BCUT2D eigenvalue weighted by Gasteiger charge is -2.07. The molecule has 1 nitrogen and oxygen atoms in total. The Morgan fingerprint density at radius 3 is 2.29 bits per heavy atom. The molecule has 1 N–H and O–H groups in total. The van der Waals surface area contributed by atoms with Crippen LogP contribution in [0.4, 0.5) is 10.1 Å². The Morgan fingerprint density at radius 1 is 1.12 bits per heavy atom. The second kappa shape index (κ2) is 5.44. The molecule has 2 rings (SSSR count). The van der Waals surface area contributed by atoms with E-state index >= 15 is 0 Å². The van der Waals surface area contributed by atoms with E-state index in [4.69, 9.17) is 34.8 Å². The molecule has 0 saturated heterocycles. The second-order valence-corrected chi connectivity index (χ2v) is 5.52. The van der Waals surface area contributed by atoms with Crippen LogP contribution < -0.4 is 5.32 Å². The summed E-state index contributed by atoms with van der Waals surface area (Å²) >= 11 is 18.9. The molecule has 0 atom stereocenters. The quantitative estimate of drug-likeness (QED) is 0.742. The van der Waals surface area contributed by atoms with E-state index in [1.807, 2.05) is 11.4 Å². The number of halogens is 4. The summed E-state index contributed by atoms with van der Waals surface area (Å²) in [6.45, 7) is 0.550. The van der Waals surface area contributed by atoms with E-state index in [1.165, 1.54) is 12.1 Å². The van der Waals surface area contributed by atoms with Crippen molar-refractivity contribution in [2.24, 2.45) is 0 Å². The summed E-state index contributed by atoms with van der Waals surface area (Å²) in [5, 5.41) is 5.70. The van der Waals surface area contributed by atoms with E-state index in [1.54, 1.807) is 11.3 Å². The van der Waals surface area contributed by atoms with Crippen molar-refractivity contribution in [1.29, 1.82) is 0 Å². The minimum Gasteiger partial charge on any atom is -0.380 e. The molecule has 90 valence electrons. The van der Waals surface area contributed by atoms with Crippen LogP contribution >= 0.6 is 46.1 Å². The summed E-state index contributed by atoms with van der Waals surface area (Å²) in [7, 11) is 0. The van der Waals surface area contributed by atoms with E-state index in [2.05, 4.69) is 5.32 Å². The number of anilines is 1. The minimum atomic E-state index is -0.604. The highest BCUT2D eigenvalue weighted by Gasteiger charge is 2.08. The van der Waals surface area contributed by atoms with Crippen LogP contribution in [0, 0.1) is 5.82 Å². The molecule has 0 amide bonds. The summed E-state index contributed by atoms with van der Waals surface area (Å²) in [5.74, 6) is -0.604. The molecule has 0 radical (unpaired) electrons. The maximum atomic E-state index is 13.2. The molecular formula is C11H7Cl3FNS. The third-order valence-corrected chi connectivity index (χ3v) is 4.07. The fraction of sp³-hybridized carbons (Fsp3) is 0.0909. The summed E-state index contributed by atoms with van der Waals surface area (Å²) in [5.41, 5.74) is 0.658. The predicted octanol–water partition coefficient (Wildman–Crippen LogP) is 5.46. The van der Waals surface area contributed by atoms with Gasteiger partial charge in [-0.2, -0.15) is 0 Å². The van der Waals surface area contributed by atoms with Crippen LogP contribution in [0.25, 0.3) is 0 Å². The highest BCUT2D eigenvalue weighted by molar-refractivity contribution is 7.10. The Hall–Kier alpha value is -0.480. The first-order valence-electron chi connectivity index (χ1n) is 4.68. The molecule has 0 fully saturated rings. The van der Waals surface area contributed by atoms with E-state index in [-0.39, 0.29) is 10.0 Å². The van der Waals surface area contributed by atoms with Crippen LogP contribution in [-0.2, 0) is 6.54 Å². The topological polar surface area (TPSA) is 12.0 Å². The fourth-order valence-electron chi connectivity index (χ4n) is 1.29. The van der Waals surface area contributed by atoms with Crippen molar-refractivity contribution in [3.63, 3.8) is 0 Å². The van der Waals surface area contributed by atoms with Gasteiger partial charge in [0.2, 0.25) is 0 Å². The molecule has 1 aromatic heterocycles. The minimum absolute atomic E-state index is 0.00252. The zero-order valence-corrected chi connectivity index (χ0v) is 11.5. The number of hydrogen-bond donors (Lipinski definition) is 1. The number of nitrogens with one attached hydrogen (secondary N) is 1. The summed E-state index contributed by atoms with van der Waals surface area (Å²) in [6.07, 6.45) is 0. The first kappa shape index (κ1) is 13.0. The van der Waals surface area contributed by atoms with E-state index in [0.29, 0.717) is 17.3 Å². The third kappa shape index (κ3) is 3.05. The van der Waals surface area contributed by atoms with Crippen molar-refractivity contribution in [2.75, 3.05) is 5.32 Å². The lowest BCUT2D eigenvalue weighted by atomic mass is 10.3. The van der Waals surface area contributed by atoms with Crippen molar-refractivity contribution in [1.82, 2.24) is 0 Å². The van der Waals surface area contributed by atoms with Gasteiger partial charge in [0.05, 0.1) is 21.6 Å². The van der Waals surface area contributed by atoms with Crippen LogP contribution in [-0.4, -0.2) is 0 Å². The summed E-state index contributed by atoms with van der Waals surface area (Å²) < 4.78 is 13.2. The Bertz CT molecular complexity index is 518. The molecule has 0 aliphatic carbocycles. The average Bonchev–Trinajstić information content (AvgIpc) is 2.69. The van der Waals surface area contributed by atoms with E-state index in [9.17, 15) is 4.39 Å². The Kier molecular flexibility index (Phi) is 4.15. The molecule has 17 heavy (non-hydrogen) atoms. The number of thiophene rings is 1. The Balaban J connectivity index is 2.12. The van der Waals surface area contributed by atoms with Crippen molar-refractivity contribution in [3.05, 3.63) is 49.3 Å². The van der Waals surface area contributed by atoms with Gasteiger partial charge in [-0.1, -0.05) is 34.8 Å². The molecular weight excluding hydrogens is 304 g/mol. The van der Waals surface area contributed by atoms with Crippen molar-refractivity contribution < 1.29 is 4.39 Å². The molecule has 1 aromatic carbocycles. The maximum absolute atomic E-state index is 13.2. The van der Waals surface area contributed by atoms with Gasteiger partial charge in [-0.05, 0) is 23.6 Å². The SMILES string of the molecule is Fc1c(Cl)cc(NCc2sccc2Cl)cc1Cl. The van der Waals surface area contributed by atoms with Gasteiger partial charge >= 0.3 is 0 Å². The monoisotopic (exact) mass is 309 g/mol. The third-order valence-electron chi connectivity index (χ3n) is 2.13. The summed E-state index contributed by atoms with van der Waals surface area (Å²) in [4.78, 5) is 1.00. The van der Waals surface area contributed by atoms with Crippen molar-refractivity contribution in [3.8, 4) is 0 Å². The number of benzene rings is 1. The number of hydrogen-bond acceptors (Lipinski definition) is 2. The molecule has 0 spiro atoms. The van der Waals surface area contributed by atoms with Gasteiger partial charge in [0.1, 0.15) is 0 Å². The van der Waals surface area contributed by atoms with Crippen LogP contribution in [0.3, 0.4) is 0 Å². The first-order chi connectivity index (χ1) is 8.08. The smallest absolute Gasteiger partial charge is 0.160 e. The molecule has 0 aliphatic heterocycles. The first-order valence-corrected chi connectivity index (χ1v) is 6.69. The fourth-order valence-corrected chi connectivity index (χ4v) is 2.82. The van der Waals surface area contributed by atoms with Gasteiger partial charge in [0, 0.05) is 10.6 Å². The van der Waals surface area contributed by atoms with Crippen LogP contribution in [0.1, 0.15) is 4.88 Å². The van der Waals surface area contributed by atoms with Gasteiger partial charge in [-0.3, -0.25) is 0 Å². The maximum Gasteiger partial charge on any atom is 0.160 e. The standard InChI is InChI=1S/C11H7Cl3FNS/c12-7-1-2-17-10(7)5-16-6-3-8(13)11(15)9(14)4-6/h1-4,16H,5H2. The predicted molar refractivity (Wildman–Crippen MR) is 73.1 cm³/mol. The highest BCUT2D eigenvalue weighted by atomic mass is 35.5. The normalized spacial score (nSPS) is 10.6. The van der Waals surface area contributed by atoms with Gasteiger partial charge in [0.15, 0.2) is 5.82 Å². The van der Waals surface area contributed by atoms with Crippen LogP contribution in [0.2, 0.25) is 15.1 Å². The van der Waals surface area contributed by atoms with E-state index < -0.39 is 5.82 Å². The van der Waals surface area contributed by atoms with Gasteiger partial charge < -0.3 is 5.32 Å². The molecule has 0 saturated carbocycles. The molecule has 2 aromatic rings. The zero-order chi connectivity index (χ0) is 12.4. The van der Waals surface area contributed by atoms with Crippen molar-refractivity contribution in [2.45, 2.75) is 6.54 Å². The number of rotatable bonds is 3. The molecule has 0 bridgehead atoms. The van der Waals surface area contributed by atoms with E-state index in [0.717, 1.165) is 4.88 Å². The molecule has 6 heteroatoms. The highest BCUT2D eigenvalue weighted by Crippen LogP contribution is 2.28. The van der Waals surface area contributed by atoms with Gasteiger partial charge in [0.25, 0.3) is 0 Å². The lowest BCUT2D eigenvalue weighted by molar-refractivity contribution is 0.629. The Labute approximate surface area is 117 Å². The van der Waals surface area contributed by atoms with Crippen molar-refractivity contribution >= 4 is 51.8 Å². The Morgan fingerprint density at radius 2 is 1.76 bits per heavy atom. The van der Waals surface area contributed by atoms with Crippen LogP contribution in [0.5, 0.6) is 0 Å². The molecule has 0 aliphatic rings. The zero-order valence-electron chi connectivity index (χ0n) is 8.44.